The summed E-state index contributed by atoms with van der Waals surface area (Å²) in [5.74, 6) is 0.138. The second-order valence-electron chi connectivity index (χ2n) is 4.18. The van der Waals surface area contributed by atoms with Gasteiger partial charge in [-0.15, -0.1) is 0 Å². The van der Waals surface area contributed by atoms with Crippen LogP contribution in [0.2, 0.25) is 0 Å². The third-order valence-electron chi connectivity index (χ3n) is 2.84. The Morgan fingerprint density at radius 2 is 2.00 bits per heavy atom. The summed E-state index contributed by atoms with van der Waals surface area (Å²) in [6.45, 7) is 0.511. The van der Waals surface area contributed by atoms with Crippen LogP contribution in [0.5, 0.6) is 0 Å². The smallest absolute Gasteiger partial charge is 0.202 e. The molecule has 2 N–H and O–H groups in total. The van der Waals surface area contributed by atoms with Gasteiger partial charge in [0.05, 0.1) is 6.54 Å². The molecule has 0 saturated carbocycles. The van der Waals surface area contributed by atoms with Crippen LogP contribution in [0.3, 0.4) is 0 Å². The first-order valence-electron chi connectivity index (χ1n) is 5.65. The third kappa shape index (κ3) is 2.31. The van der Waals surface area contributed by atoms with E-state index in [0.717, 1.165) is 15.6 Å². The first-order chi connectivity index (χ1) is 9.13. The van der Waals surface area contributed by atoms with Crippen LogP contribution < -0.4 is 5.73 Å². The van der Waals surface area contributed by atoms with Crippen molar-refractivity contribution >= 4 is 33.0 Å². The van der Waals surface area contributed by atoms with Gasteiger partial charge < -0.3 is 5.73 Å². The molecule has 0 radical (unpaired) electrons. The molecule has 2 heterocycles. The maximum atomic E-state index is 12.9. The van der Waals surface area contributed by atoms with Crippen LogP contribution in [0.25, 0.3) is 11.2 Å². The van der Waals surface area contributed by atoms with Crippen LogP contribution >= 0.6 is 15.9 Å². The molecule has 0 saturated heterocycles. The van der Waals surface area contributed by atoms with E-state index in [4.69, 9.17) is 5.73 Å². The van der Waals surface area contributed by atoms with Gasteiger partial charge in [0.25, 0.3) is 0 Å². The van der Waals surface area contributed by atoms with Crippen molar-refractivity contribution in [2.75, 3.05) is 5.73 Å². The van der Waals surface area contributed by atoms with Crippen molar-refractivity contribution in [3.05, 3.63) is 52.4 Å². The summed E-state index contributed by atoms with van der Waals surface area (Å²) < 4.78 is 15.5. The van der Waals surface area contributed by atoms with Crippen LogP contribution in [-0.2, 0) is 6.54 Å². The van der Waals surface area contributed by atoms with E-state index in [-0.39, 0.29) is 5.82 Å². The molecule has 6 heteroatoms. The lowest BCUT2D eigenvalue weighted by molar-refractivity contribution is 0.626. The van der Waals surface area contributed by atoms with Gasteiger partial charge in [-0.3, -0.25) is 4.57 Å². The molecule has 96 valence electrons. The average Bonchev–Trinajstić information content (AvgIpc) is 2.68. The van der Waals surface area contributed by atoms with E-state index >= 15 is 0 Å². The van der Waals surface area contributed by atoms with Gasteiger partial charge in [-0.25, -0.2) is 14.4 Å². The minimum absolute atomic E-state index is 0.255. The fourth-order valence-corrected chi connectivity index (χ4v) is 2.25. The Morgan fingerprint density at radius 3 is 2.74 bits per heavy atom. The van der Waals surface area contributed by atoms with Crippen molar-refractivity contribution in [1.29, 1.82) is 0 Å². The van der Waals surface area contributed by atoms with Crippen molar-refractivity contribution in [1.82, 2.24) is 14.5 Å². The molecule has 0 aliphatic heterocycles. The van der Waals surface area contributed by atoms with Crippen LogP contribution in [0, 0.1) is 5.82 Å². The number of halogens is 2. The van der Waals surface area contributed by atoms with Gasteiger partial charge in [-0.05, 0) is 39.7 Å². The number of fused-ring (bicyclic) bond motifs is 1. The number of anilines is 1. The number of nitrogens with zero attached hydrogens (tertiary/aromatic N) is 3. The highest BCUT2D eigenvalue weighted by Gasteiger charge is 2.10. The Kier molecular flexibility index (Phi) is 2.94. The lowest BCUT2D eigenvalue weighted by Crippen LogP contribution is -2.05. The second kappa shape index (κ2) is 4.62. The van der Waals surface area contributed by atoms with E-state index in [9.17, 15) is 4.39 Å². The first kappa shape index (κ1) is 12.1. The van der Waals surface area contributed by atoms with Gasteiger partial charge in [0.1, 0.15) is 11.3 Å². The fourth-order valence-electron chi connectivity index (χ4n) is 1.93. The Hall–Kier alpha value is -1.95. The van der Waals surface area contributed by atoms with Crippen LogP contribution in [0.15, 0.2) is 41.0 Å². The lowest BCUT2D eigenvalue weighted by Gasteiger charge is -2.05. The van der Waals surface area contributed by atoms with Gasteiger partial charge in [0.2, 0.25) is 5.95 Å². The Labute approximate surface area is 117 Å². The van der Waals surface area contributed by atoms with Gasteiger partial charge in [0.15, 0.2) is 5.65 Å². The maximum absolute atomic E-state index is 12.9. The van der Waals surface area contributed by atoms with E-state index in [1.54, 1.807) is 22.9 Å². The zero-order valence-electron chi connectivity index (χ0n) is 9.85. The standard InChI is InChI=1S/C13H10BrFN4/c14-9-5-11-12(17-6-9)19(13(16)18-11)7-8-1-3-10(15)4-2-8/h1-6H,7H2,(H2,16,18). The monoisotopic (exact) mass is 320 g/mol. The lowest BCUT2D eigenvalue weighted by atomic mass is 10.2. The summed E-state index contributed by atoms with van der Waals surface area (Å²) in [5.41, 5.74) is 8.29. The van der Waals surface area contributed by atoms with E-state index in [1.807, 2.05) is 6.07 Å². The Balaban J connectivity index is 2.05. The Morgan fingerprint density at radius 1 is 1.26 bits per heavy atom. The number of hydrogen-bond donors (Lipinski definition) is 1. The summed E-state index contributed by atoms with van der Waals surface area (Å²) >= 11 is 3.35. The van der Waals surface area contributed by atoms with E-state index in [1.165, 1.54) is 12.1 Å². The highest BCUT2D eigenvalue weighted by Crippen LogP contribution is 2.20. The molecule has 19 heavy (non-hydrogen) atoms. The number of nitrogens with two attached hydrogens (primary N) is 1. The fraction of sp³-hybridized carbons (Fsp3) is 0.0769. The molecule has 2 aromatic heterocycles. The summed E-state index contributed by atoms with van der Waals surface area (Å²) in [6.07, 6.45) is 1.70. The molecular weight excluding hydrogens is 311 g/mol. The van der Waals surface area contributed by atoms with E-state index in [0.29, 0.717) is 18.1 Å². The van der Waals surface area contributed by atoms with Gasteiger partial charge in [0, 0.05) is 10.7 Å². The molecule has 0 unspecified atom stereocenters. The highest BCUT2D eigenvalue weighted by atomic mass is 79.9. The highest BCUT2D eigenvalue weighted by molar-refractivity contribution is 9.10. The number of aromatic nitrogens is 3. The minimum atomic E-state index is -0.255. The molecule has 4 nitrogen and oxygen atoms in total. The maximum Gasteiger partial charge on any atom is 0.202 e. The molecule has 0 atom stereocenters. The third-order valence-corrected chi connectivity index (χ3v) is 3.27. The number of nitrogen functional groups attached to an aromatic ring is 1. The minimum Gasteiger partial charge on any atom is -0.369 e. The molecular formula is C13H10BrFN4. The zero-order chi connectivity index (χ0) is 13.4. The van der Waals surface area contributed by atoms with Crippen LogP contribution in [0.4, 0.5) is 10.3 Å². The normalized spacial score (nSPS) is 11.1. The molecule has 0 bridgehead atoms. The molecule has 0 aliphatic carbocycles. The molecule has 0 amide bonds. The summed E-state index contributed by atoms with van der Waals surface area (Å²) in [6, 6.07) is 8.15. The first-order valence-corrected chi connectivity index (χ1v) is 6.44. The molecule has 0 spiro atoms. The van der Waals surface area contributed by atoms with Gasteiger partial charge in [-0.2, -0.15) is 0 Å². The second-order valence-corrected chi connectivity index (χ2v) is 5.09. The van der Waals surface area contributed by atoms with Crippen LogP contribution in [0.1, 0.15) is 5.56 Å². The van der Waals surface area contributed by atoms with Crippen molar-refractivity contribution in [3.63, 3.8) is 0 Å². The van der Waals surface area contributed by atoms with E-state index in [2.05, 4.69) is 25.9 Å². The van der Waals surface area contributed by atoms with Crippen molar-refractivity contribution < 1.29 is 4.39 Å². The summed E-state index contributed by atoms with van der Waals surface area (Å²) in [4.78, 5) is 8.58. The van der Waals surface area contributed by atoms with Crippen molar-refractivity contribution in [3.8, 4) is 0 Å². The summed E-state index contributed by atoms with van der Waals surface area (Å²) in [5, 5.41) is 0. The Bertz CT molecular complexity index is 736. The quantitative estimate of drug-likeness (QED) is 0.789. The molecule has 1 aromatic carbocycles. The zero-order valence-corrected chi connectivity index (χ0v) is 11.4. The van der Waals surface area contributed by atoms with Crippen LogP contribution in [-0.4, -0.2) is 14.5 Å². The van der Waals surface area contributed by atoms with Crippen molar-refractivity contribution in [2.24, 2.45) is 0 Å². The molecule has 0 fully saturated rings. The molecule has 3 aromatic rings. The predicted octanol–water partition coefficient (Wildman–Crippen LogP) is 2.96. The summed E-state index contributed by atoms with van der Waals surface area (Å²) in [7, 11) is 0. The number of hydrogen-bond acceptors (Lipinski definition) is 3. The number of rotatable bonds is 2. The number of pyridine rings is 1. The largest absolute Gasteiger partial charge is 0.369 e. The number of benzene rings is 1. The van der Waals surface area contributed by atoms with E-state index < -0.39 is 0 Å². The SMILES string of the molecule is Nc1nc2cc(Br)cnc2n1Cc1ccc(F)cc1. The topological polar surface area (TPSA) is 56.7 Å². The molecule has 3 rings (SSSR count). The van der Waals surface area contributed by atoms with Crippen molar-refractivity contribution in [2.45, 2.75) is 6.54 Å². The average molecular weight is 321 g/mol. The number of imidazole rings is 1. The molecule has 0 aliphatic rings. The van der Waals surface area contributed by atoms with Gasteiger partial charge in [-0.1, -0.05) is 12.1 Å². The predicted molar refractivity (Wildman–Crippen MR) is 75.1 cm³/mol. The van der Waals surface area contributed by atoms with Gasteiger partial charge >= 0.3 is 0 Å².